The van der Waals surface area contributed by atoms with Crippen molar-refractivity contribution in [2.24, 2.45) is 5.92 Å². The van der Waals surface area contributed by atoms with Gasteiger partial charge >= 0.3 is 0 Å². The summed E-state index contributed by atoms with van der Waals surface area (Å²) in [5.41, 5.74) is 0. The molecule has 0 bridgehead atoms. The van der Waals surface area contributed by atoms with E-state index in [0.29, 0.717) is 38.5 Å². The van der Waals surface area contributed by atoms with Crippen molar-refractivity contribution < 1.29 is 37.0 Å². The smallest absolute Gasteiger partial charge is 0.235 e. The van der Waals surface area contributed by atoms with Crippen LogP contribution < -0.4 is 10.6 Å². The first kappa shape index (κ1) is 33.2. The number of nitrogens with one attached hydrogen (secondary N) is 2. The summed E-state index contributed by atoms with van der Waals surface area (Å²) < 4.78 is 52.5. The van der Waals surface area contributed by atoms with Gasteiger partial charge in [0, 0.05) is 40.5 Å². The third-order valence-electron chi connectivity index (χ3n) is 8.93. The number of ether oxygens (including phenoxy) is 4. The van der Waals surface area contributed by atoms with Crippen molar-refractivity contribution in [1.82, 2.24) is 14.9 Å². The van der Waals surface area contributed by atoms with Crippen LogP contribution in [0.25, 0.3) is 0 Å². The number of hydrogen-bond acceptors (Lipinski definition) is 8. The molecular weight excluding hydrogens is 538 g/mol. The van der Waals surface area contributed by atoms with Crippen molar-refractivity contribution in [3.63, 3.8) is 0 Å². The number of carbonyl (C=O) groups is 2. The van der Waals surface area contributed by atoms with Crippen molar-refractivity contribution >= 4 is 21.8 Å². The minimum atomic E-state index is -3.93. The molecule has 0 aliphatic heterocycles. The Labute approximate surface area is 240 Å². The molecule has 12 heteroatoms. The second-order valence-electron chi connectivity index (χ2n) is 11.8. The van der Waals surface area contributed by atoms with Crippen LogP contribution in [0.5, 0.6) is 0 Å². The first-order valence-corrected chi connectivity index (χ1v) is 16.3. The highest BCUT2D eigenvalue weighted by molar-refractivity contribution is 7.89. The van der Waals surface area contributed by atoms with Gasteiger partial charge in [-0.25, -0.2) is 8.42 Å². The van der Waals surface area contributed by atoms with E-state index in [1.54, 1.807) is 28.4 Å². The summed E-state index contributed by atoms with van der Waals surface area (Å²) in [6, 6.07) is -0.885. The van der Waals surface area contributed by atoms with Gasteiger partial charge in [-0.1, -0.05) is 12.8 Å². The monoisotopic (exact) mass is 589 g/mol. The molecule has 0 radical (unpaired) electrons. The zero-order valence-corrected chi connectivity index (χ0v) is 25.9. The molecule has 0 aromatic heterocycles. The van der Waals surface area contributed by atoms with E-state index in [0.717, 1.165) is 19.3 Å². The van der Waals surface area contributed by atoms with Gasteiger partial charge < -0.3 is 29.6 Å². The van der Waals surface area contributed by atoms with Crippen molar-refractivity contribution in [1.29, 1.82) is 0 Å². The molecule has 8 unspecified atom stereocenters. The molecule has 232 valence electrons. The van der Waals surface area contributed by atoms with Crippen LogP contribution in [0.3, 0.4) is 0 Å². The molecule has 2 amide bonds. The van der Waals surface area contributed by atoms with E-state index in [2.05, 4.69) is 10.6 Å². The van der Waals surface area contributed by atoms with Crippen LogP contribution >= 0.6 is 0 Å². The van der Waals surface area contributed by atoms with E-state index in [1.807, 2.05) is 13.8 Å². The fraction of sp³-hybridized carbons (Fsp3) is 0.929. The average Bonchev–Trinajstić information content (AvgIpc) is 2.94. The van der Waals surface area contributed by atoms with E-state index < -0.39 is 27.2 Å². The van der Waals surface area contributed by atoms with Gasteiger partial charge in [0.1, 0.15) is 0 Å². The molecule has 3 aliphatic rings. The Bertz CT molecular complexity index is 933. The second-order valence-corrected chi connectivity index (χ2v) is 14.0. The van der Waals surface area contributed by atoms with Crippen LogP contribution in [0, 0.1) is 5.92 Å². The molecule has 3 fully saturated rings. The van der Waals surface area contributed by atoms with Gasteiger partial charge in [0.05, 0.1) is 48.2 Å². The topological polar surface area (TPSA) is 132 Å². The molecule has 11 nitrogen and oxygen atoms in total. The van der Waals surface area contributed by atoms with Crippen molar-refractivity contribution in [3.05, 3.63) is 0 Å². The number of methoxy groups -OCH3 is 4. The fourth-order valence-electron chi connectivity index (χ4n) is 6.72. The Morgan fingerprint density at radius 1 is 0.825 bits per heavy atom. The quantitative estimate of drug-likeness (QED) is 0.353. The lowest BCUT2D eigenvalue weighted by Crippen LogP contribution is -2.59. The minimum absolute atomic E-state index is 0.00143. The van der Waals surface area contributed by atoms with E-state index in [-0.39, 0.29) is 61.3 Å². The predicted molar refractivity (Wildman–Crippen MR) is 151 cm³/mol. The predicted octanol–water partition coefficient (Wildman–Crippen LogP) is 1.98. The highest BCUT2D eigenvalue weighted by Gasteiger charge is 2.47. The van der Waals surface area contributed by atoms with Gasteiger partial charge in [-0.2, -0.15) is 4.31 Å². The van der Waals surface area contributed by atoms with Crippen LogP contribution in [0.2, 0.25) is 0 Å². The van der Waals surface area contributed by atoms with E-state index in [4.69, 9.17) is 18.9 Å². The zero-order chi connectivity index (χ0) is 29.4. The molecule has 0 heterocycles. The highest BCUT2D eigenvalue weighted by Crippen LogP contribution is 2.35. The molecule has 2 N–H and O–H groups in total. The van der Waals surface area contributed by atoms with Crippen LogP contribution in [-0.4, -0.2) is 107 Å². The SMILES string of the molecule is COC1CCC(OC)C(N(CC(=O)NC2CCCCC2C(=O)NC(C)C)S(=O)(=O)C2CCC(OC)C(OC)C2)C1. The lowest BCUT2D eigenvalue weighted by Gasteiger charge is -2.43. The molecule has 3 aliphatic carbocycles. The normalized spacial score (nSPS) is 33.6. The van der Waals surface area contributed by atoms with Crippen LogP contribution in [0.1, 0.15) is 78.1 Å². The highest BCUT2D eigenvalue weighted by atomic mass is 32.2. The van der Waals surface area contributed by atoms with Crippen LogP contribution in [0.15, 0.2) is 0 Å². The molecule has 0 aromatic rings. The Hall–Kier alpha value is -1.31. The number of hydrogen-bond donors (Lipinski definition) is 2. The molecule has 0 spiro atoms. The first-order valence-electron chi connectivity index (χ1n) is 14.8. The Morgan fingerprint density at radius 2 is 1.48 bits per heavy atom. The first-order chi connectivity index (χ1) is 19.0. The minimum Gasteiger partial charge on any atom is -0.381 e. The summed E-state index contributed by atoms with van der Waals surface area (Å²) in [5.74, 6) is -0.808. The number of amides is 2. The lowest BCUT2D eigenvalue weighted by molar-refractivity contribution is -0.129. The fourth-order valence-corrected chi connectivity index (χ4v) is 8.86. The molecule has 0 saturated heterocycles. The van der Waals surface area contributed by atoms with E-state index >= 15 is 0 Å². The van der Waals surface area contributed by atoms with Crippen molar-refractivity contribution in [3.8, 4) is 0 Å². The van der Waals surface area contributed by atoms with Gasteiger partial charge in [0.25, 0.3) is 0 Å². The Kier molecular flexibility index (Phi) is 12.7. The van der Waals surface area contributed by atoms with E-state index in [1.165, 1.54) is 4.31 Å². The van der Waals surface area contributed by atoms with Crippen LogP contribution in [0.4, 0.5) is 0 Å². The summed E-state index contributed by atoms with van der Waals surface area (Å²) in [6.07, 6.45) is 5.25. The largest absolute Gasteiger partial charge is 0.381 e. The standard InChI is InChI=1S/C28H51N3O8S/c1-18(2)29-28(33)21-9-7-8-10-22(21)30-27(32)17-31(23-15-19(36-3)11-13-24(23)37-4)40(34,35)20-12-14-25(38-5)26(16-20)39-6/h18-26H,7-17H2,1-6H3,(H,29,33)(H,30,32). The number of carbonyl (C=O) groups excluding carboxylic acids is 2. The molecule has 3 rings (SSSR count). The maximum Gasteiger partial charge on any atom is 0.235 e. The lowest BCUT2D eigenvalue weighted by atomic mass is 9.83. The maximum absolute atomic E-state index is 14.3. The summed E-state index contributed by atoms with van der Waals surface area (Å²) in [6.45, 7) is 3.49. The van der Waals surface area contributed by atoms with Crippen LogP contribution in [-0.2, 0) is 38.6 Å². The van der Waals surface area contributed by atoms with Crippen molar-refractivity contribution in [2.45, 2.75) is 126 Å². The average molecular weight is 590 g/mol. The summed E-state index contributed by atoms with van der Waals surface area (Å²) in [5, 5.41) is 5.30. The van der Waals surface area contributed by atoms with Gasteiger partial charge in [-0.05, 0) is 65.2 Å². The summed E-state index contributed by atoms with van der Waals surface area (Å²) >= 11 is 0. The molecule has 3 saturated carbocycles. The second kappa shape index (κ2) is 15.2. The summed E-state index contributed by atoms with van der Waals surface area (Å²) in [7, 11) is 2.45. The van der Waals surface area contributed by atoms with Gasteiger partial charge in [0.15, 0.2) is 0 Å². The number of sulfonamides is 1. The number of nitrogens with zero attached hydrogens (tertiary/aromatic N) is 1. The third kappa shape index (κ3) is 8.16. The number of rotatable bonds is 12. The van der Waals surface area contributed by atoms with Crippen molar-refractivity contribution in [2.75, 3.05) is 35.0 Å². The molecular formula is C28H51N3O8S. The molecule has 0 aromatic carbocycles. The van der Waals surface area contributed by atoms with Gasteiger partial charge in [-0.15, -0.1) is 0 Å². The maximum atomic E-state index is 14.3. The zero-order valence-electron chi connectivity index (χ0n) is 25.1. The Morgan fingerprint density at radius 3 is 2.10 bits per heavy atom. The third-order valence-corrected chi connectivity index (χ3v) is 11.3. The van der Waals surface area contributed by atoms with Gasteiger partial charge in [-0.3, -0.25) is 9.59 Å². The molecule has 8 atom stereocenters. The molecule has 40 heavy (non-hydrogen) atoms. The Balaban J connectivity index is 1.86. The summed E-state index contributed by atoms with van der Waals surface area (Å²) in [4.78, 5) is 26.5. The van der Waals surface area contributed by atoms with E-state index in [9.17, 15) is 18.0 Å². The van der Waals surface area contributed by atoms with Gasteiger partial charge in [0.2, 0.25) is 21.8 Å².